The van der Waals surface area contributed by atoms with E-state index in [2.05, 4.69) is 37.9 Å². The summed E-state index contributed by atoms with van der Waals surface area (Å²) >= 11 is 6.33. The summed E-state index contributed by atoms with van der Waals surface area (Å²) in [5.74, 6) is 0.194. The second-order valence-corrected chi connectivity index (χ2v) is 8.87. The Kier molecular flexibility index (Phi) is 5.46. The maximum atomic E-state index is 11.4. The molecular weight excluding hydrogens is 412 g/mol. The van der Waals surface area contributed by atoms with Crippen LogP contribution in [-0.4, -0.2) is 21.0 Å². The Morgan fingerprint density at radius 3 is 2.61 bits per heavy atom. The zero-order valence-electron chi connectivity index (χ0n) is 17.6. The van der Waals surface area contributed by atoms with E-state index in [9.17, 15) is 9.90 Å². The van der Waals surface area contributed by atoms with Gasteiger partial charge in [-0.25, -0.2) is 9.78 Å². The Bertz CT molecular complexity index is 1270. The van der Waals surface area contributed by atoms with Gasteiger partial charge in [0.25, 0.3) is 0 Å². The van der Waals surface area contributed by atoms with Crippen molar-refractivity contribution in [2.75, 3.05) is 0 Å². The first-order chi connectivity index (χ1) is 14.7. The second-order valence-electron chi connectivity index (χ2n) is 8.46. The lowest BCUT2D eigenvalue weighted by Gasteiger charge is -2.18. The Morgan fingerprint density at radius 1 is 1.10 bits per heavy atom. The van der Waals surface area contributed by atoms with E-state index in [4.69, 9.17) is 21.3 Å². The number of carbonyl (C=O) groups is 1. The number of halogens is 1. The molecule has 4 rings (SSSR count). The number of aromatic amines is 1. The number of carboxylic acid groups (broad SMARTS) is 1. The summed E-state index contributed by atoms with van der Waals surface area (Å²) in [6.45, 7) is 6.63. The predicted molar refractivity (Wildman–Crippen MR) is 123 cm³/mol. The molecule has 0 unspecified atom stereocenters. The van der Waals surface area contributed by atoms with Gasteiger partial charge in [0.05, 0.1) is 21.6 Å². The van der Waals surface area contributed by atoms with Crippen LogP contribution < -0.4 is 4.74 Å². The van der Waals surface area contributed by atoms with Gasteiger partial charge in [-0.1, -0.05) is 56.6 Å². The first kappa shape index (κ1) is 20.9. The number of carboxylic acids is 1. The van der Waals surface area contributed by atoms with Crippen molar-refractivity contribution in [3.05, 3.63) is 82.4 Å². The number of imidazole rings is 1. The molecule has 0 aliphatic carbocycles. The molecule has 0 saturated carbocycles. The van der Waals surface area contributed by atoms with Gasteiger partial charge < -0.3 is 14.8 Å². The van der Waals surface area contributed by atoms with Crippen LogP contribution in [0.25, 0.3) is 22.4 Å². The summed E-state index contributed by atoms with van der Waals surface area (Å²) in [5, 5.41) is 9.80. The molecule has 3 aromatic carbocycles. The monoisotopic (exact) mass is 434 g/mol. The molecule has 1 aromatic heterocycles. The van der Waals surface area contributed by atoms with Crippen LogP contribution in [0.2, 0.25) is 5.02 Å². The molecule has 6 heteroatoms. The number of aromatic carboxylic acids is 1. The third kappa shape index (κ3) is 4.42. The molecule has 2 N–H and O–H groups in total. The molecule has 1 heterocycles. The van der Waals surface area contributed by atoms with Crippen molar-refractivity contribution in [2.45, 2.75) is 32.8 Å². The minimum Gasteiger partial charge on any atom is -0.487 e. The quantitative estimate of drug-likeness (QED) is 0.378. The van der Waals surface area contributed by atoms with E-state index in [0.717, 1.165) is 16.6 Å². The number of nitrogens with zero attached hydrogens (tertiary/aromatic N) is 1. The summed E-state index contributed by atoms with van der Waals surface area (Å²) in [6.07, 6.45) is 0. The number of rotatable bonds is 5. The molecule has 0 atom stereocenters. The third-order valence-corrected chi connectivity index (χ3v) is 5.50. The molecule has 0 saturated heterocycles. The van der Waals surface area contributed by atoms with Gasteiger partial charge in [0.15, 0.2) is 0 Å². The van der Waals surface area contributed by atoms with Crippen LogP contribution in [0.1, 0.15) is 42.3 Å². The molecule has 4 aromatic rings. The van der Waals surface area contributed by atoms with E-state index in [-0.39, 0.29) is 17.6 Å². The van der Waals surface area contributed by atoms with Crippen molar-refractivity contribution in [3.63, 3.8) is 0 Å². The molecule has 0 fully saturated rings. The van der Waals surface area contributed by atoms with Crippen LogP contribution in [0, 0.1) is 0 Å². The normalized spacial score (nSPS) is 11.6. The molecule has 0 aliphatic rings. The van der Waals surface area contributed by atoms with Crippen molar-refractivity contribution in [1.82, 2.24) is 9.97 Å². The molecule has 0 radical (unpaired) electrons. The lowest BCUT2D eigenvalue weighted by atomic mass is 9.87. The SMILES string of the molecule is CC(C)(C)c1ccc2nc(-c3ccc(Cl)c(OCc4ccccc4C(=O)O)c3)[nH]c2c1. The van der Waals surface area contributed by atoms with Gasteiger partial charge in [0, 0.05) is 11.1 Å². The van der Waals surface area contributed by atoms with Crippen LogP contribution in [0.5, 0.6) is 5.75 Å². The van der Waals surface area contributed by atoms with E-state index in [0.29, 0.717) is 22.2 Å². The molecule has 0 amide bonds. The van der Waals surface area contributed by atoms with E-state index in [1.807, 2.05) is 18.2 Å². The van der Waals surface area contributed by atoms with Crippen molar-refractivity contribution < 1.29 is 14.6 Å². The maximum Gasteiger partial charge on any atom is 0.336 e. The maximum absolute atomic E-state index is 11.4. The smallest absolute Gasteiger partial charge is 0.336 e. The Balaban J connectivity index is 1.63. The molecule has 0 aliphatic heterocycles. The van der Waals surface area contributed by atoms with Gasteiger partial charge in [0.1, 0.15) is 18.2 Å². The number of fused-ring (bicyclic) bond motifs is 1. The van der Waals surface area contributed by atoms with Crippen molar-refractivity contribution >= 4 is 28.6 Å². The average Bonchev–Trinajstić information content (AvgIpc) is 3.16. The summed E-state index contributed by atoms with van der Waals surface area (Å²) in [7, 11) is 0. The number of benzene rings is 3. The van der Waals surface area contributed by atoms with Gasteiger partial charge in [0.2, 0.25) is 0 Å². The Labute approximate surface area is 185 Å². The van der Waals surface area contributed by atoms with Crippen LogP contribution in [0.3, 0.4) is 0 Å². The summed E-state index contributed by atoms with van der Waals surface area (Å²) in [6, 6.07) is 18.4. The fourth-order valence-electron chi connectivity index (χ4n) is 3.38. The number of ether oxygens (including phenoxy) is 1. The highest BCUT2D eigenvalue weighted by molar-refractivity contribution is 6.32. The van der Waals surface area contributed by atoms with Crippen LogP contribution >= 0.6 is 11.6 Å². The highest BCUT2D eigenvalue weighted by Gasteiger charge is 2.16. The number of aromatic nitrogens is 2. The number of hydrogen-bond acceptors (Lipinski definition) is 3. The van der Waals surface area contributed by atoms with E-state index < -0.39 is 5.97 Å². The Morgan fingerprint density at radius 2 is 1.87 bits per heavy atom. The summed E-state index contributed by atoms with van der Waals surface area (Å²) in [4.78, 5) is 19.5. The van der Waals surface area contributed by atoms with E-state index >= 15 is 0 Å². The van der Waals surface area contributed by atoms with E-state index in [1.54, 1.807) is 30.3 Å². The average molecular weight is 435 g/mol. The van der Waals surface area contributed by atoms with Gasteiger partial charge in [-0.15, -0.1) is 0 Å². The first-order valence-electron chi connectivity index (χ1n) is 9.96. The van der Waals surface area contributed by atoms with Gasteiger partial charge in [-0.3, -0.25) is 0 Å². The summed E-state index contributed by atoms with van der Waals surface area (Å²) in [5.41, 5.74) is 4.75. The largest absolute Gasteiger partial charge is 0.487 e. The van der Waals surface area contributed by atoms with Crippen molar-refractivity contribution in [3.8, 4) is 17.1 Å². The van der Waals surface area contributed by atoms with Crippen molar-refractivity contribution in [2.24, 2.45) is 0 Å². The second kappa shape index (κ2) is 8.08. The molecule has 158 valence electrons. The summed E-state index contributed by atoms with van der Waals surface area (Å²) < 4.78 is 5.88. The number of H-pyrrole nitrogens is 1. The van der Waals surface area contributed by atoms with Crippen molar-refractivity contribution in [1.29, 1.82) is 0 Å². The predicted octanol–water partition coefficient (Wildman–Crippen LogP) is 6.46. The number of nitrogens with one attached hydrogen (secondary N) is 1. The van der Waals surface area contributed by atoms with Crippen LogP contribution in [0.4, 0.5) is 0 Å². The minimum absolute atomic E-state index is 0.0486. The highest BCUT2D eigenvalue weighted by Crippen LogP contribution is 2.32. The van der Waals surface area contributed by atoms with E-state index in [1.165, 1.54) is 5.56 Å². The zero-order chi connectivity index (χ0) is 22.2. The lowest BCUT2D eigenvalue weighted by Crippen LogP contribution is -2.10. The van der Waals surface area contributed by atoms with Gasteiger partial charge in [-0.2, -0.15) is 0 Å². The topological polar surface area (TPSA) is 75.2 Å². The molecule has 0 spiro atoms. The lowest BCUT2D eigenvalue weighted by molar-refractivity contribution is 0.0694. The van der Waals surface area contributed by atoms with Gasteiger partial charge >= 0.3 is 5.97 Å². The molecule has 31 heavy (non-hydrogen) atoms. The highest BCUT2D eigenvalue weighted by atomic mass is 35.5. The number of hydrogen-bond donors (Lipinski definition) is 2. The van der Waals surface area contributed by atoms with Gasteiger partial charge in [-0.05, 0) is 47.4 Å². The molecule has 5 nitrogen and oxygen atoms in total. The van der Waals surface area contributed by atoms with Crippen LogP contribution in [0.15, 0.2) is 60.7 Å². The zero-order valence-corrected chi connectivity index (χ0v) is 18.3. The molecule has 0 bridgehead atoms. The Hall–Kier alpha value is -3.31. The third-order valence-electron chi connectivity index (χ3n) is 5.18. The van der Waals surface area contributed by atoms with Crippen LogP contribution in [-0.2, 0) is 12.0 Å². The minimum atomic E-state index is -0.990. The first-order valence-corrected chi connectivity index (χ1v) is 10.3. The fraction of sp³-hybridized carbons (Fsp3) is 0.200. The molecular formula is C25H23ClN2O3. The standard InChI is InChI=1S/C25H23ClN2O3/c1-25(2,3)17-9-11-20-21(13-17)28-23(27-20)15-8-10-19(26)22(12-15)31-14-16-6-4-5-7-18(16)24(29)30/h4-13H,14H2,1-3H3,(H,27,28)(H,29,30). The fourth-order valence-corrected chi connectivity index (χ4v) is 3.56.